The Morgan fingerprint density at radius 2 is 2.15 bits per heavy atom. The van der Waals surface area contributed by atoms with E-state index in [2.05, 4.69) is 19.2 Å². The molecule has 1 unspecified atom stereocenters. The maximum Gasteiger partial charge on any atom is 0.244 e. The van der Waals surface area contributed by atoms with Crippen molar-refractivity contribution in [3.05, 3.63) is 39.9 Å². The fourth-order valence-electron chi connectivity index (χ4n) is 2.61. The van der Waals surface area contributed by atoms with Crippen LogP contribution in [0.5, 0.6) is 0 Å². The third-order valence-electron chi connectivity index (χ3n) is 3.69. The van der Waals surface area contributed by atoms with Gasteiger partial charge in [0, 0.05) is 22.2 Å². The van der Waals surface area contributed by atoms with Gasteiger partial charge in [0.15, 0.2) is 0 Å². The molecule has 1 N–H and O–H groups in total. The zero-order chi connectivity index (χ0) is 14.8. The van der Waals surface area contributed by atoms with E-state index in [1.165, 1.54) is 6.08 Å². The molecule has 0 bridgehead atoms. The van der Waals surface area contributed by atoms with Gasteiger partial charge in [-0.3, -0.25) is 4.79 Å². The van der Waals surface area contributed by atoms with Gasteiger partial charge in [-0.05, 0) is 48.4 Å². The first-order valence-electron chi connectivity index (χ1n) is 6.79. The molecule has 0 aliphatic heterocycles. The Balaban J connectivity index is 1.93. The molecule has 1 amide bonds. The highest BCUT2D eigenvalue weighted by Crippen LogP contribution is 2.36. The average molecular weight is 312 g/mol. The van der Waals surface area contributed by atoms with Crippen LogP contribution in [-0.4, -0.2) is 11.9 Å². The lowest BCUT2D eigenvalue weighted by Crippen LogP contribution is -2.32. The summed E-state index contributed by atoms with van der Waals surface area (Å²) in [5, 5.41) is 4.17. The van der Waals surface area contributed by atoms with Crippen LogP contribution in [0.1, 0.15) is 38.7 Å². The van der Waals surface area contributed by atoms with Crippen LogP contribution in [0.2, 0.25) is 10.0 Å². The standard InChI is InChI=1S/C16H19Cl2NO/c1-16(2)8-7-13(10-16)19-15(20)6-4-11-3-5-12(17)9-14(11)18/h3-6,9,13H,7-8,10H2,1-2H3,(H,19,20)/b6-4+. The van der Waals surface area contributed by atoms with E-state index in [-0.39, 0.29) is 11.9 Å². The highest BCUT2D eigenvalue weighted by Gasteiger charge is 2.31. The minimum atomic E-state index is -0.0706. The summed E-state index contributed by atoms with van der Waals surface area (Å²) in [7, 11) is 0. The summed E-state index contributed by atoms with van der Waals surface area (Å²) >= 11 is 11.9. The van der Waals surface area contributed by atoms with E-state index in [1.807, 2.05) is 0 Å². The second-order valence-electron chi connectivity index (χ2n) is 6.11. The fraction of sp³-hybridized carbons (Fsp3) is 0.438. The number of halogens is 2. The van der Waals surface area contributed by atoms with Crippen molar-refractivity contribution in [1.82, 2.24) is 5.32 Å². The summed E-state index contributed by atoms with van der Waals surface area (Å²) in [5.41, 5.74) is 1.12. The Morgan fingerprint density at radius 3 is 2.75 bits per heavy atom. The number of rotatable bonds is 3. The highest BCUT2D eigenvalue weighted by molar-refractivity contribution is 6.35. The monoisotopic (exact) mass is 311 g/mol. The van der Waals surface area contributed by atoms with Crippen LogP contribution >= 0.6 is 23.2 Å². The fourth-order valence-corrected chi connectivity index (χ4v) is 3.08. The SMILES string of the molecule is CC1(C)CCC(NC(=O)/C=C/c2ccc(Cl)cc2Cl)C1. The molecule has 1 saturated carbocycles. The molecule has 2 rings (SSSR count). The van der Waals surface area contributed by atoms with Crippen molar-refractivity contribution in [3.8, 4) is 0 Å². The van der Waals surface area contributed by atoms with Gasteiger partial charge in [0.25, 0.3) is 0 Å². The van der Waals surface area contributed by atoms with E-state index < -0.39 is 0 Å². The first-order chi connectivity index (χ1) is 9.35. The molecule has 2 nitrogen and oxygen atoms in total. The lowest BCUT2D eigenvalue weighted by molar-refractivity contribution is -0.117. The topological polar surface area (TPSA) is 29.1 Å². The second-order valence-corrected chi connectivity index (χ2v) is 6.96. The largest absolute Gasteiger partial charge is 0.350 e. The summed E-state index contributed by atoms with van der Waals surface area (Å²) in [6.07, 6.45) is 6.49. The minimum Gasteiger partial charge on any atom is -0.350 e. The highest BCUT2D eigenvalue weighted by atomic mass is 35.5. The van der Waals surface area contributed by atoms with E-state index in [0.717, 1.165) is 24.8 Å². The molecular weight excluding hydrogens is 293 g/mol. The van der Waals surface area contributed by atoms with Crippen molar-refractivity contribution in [2.75, 3.05) is 0 Å². The Kier molecular flexibility index (Phi) is 4.77. The van der Waals surface area contributed by atoms with E-state index in [0.29, 0.717) is 15.5 Å². The van der Waals surface area contributed by atoms with Crippen molar-refractivity contribution in [2.24, 2.45) is 5.41 Å². The normalized spacial score (nSPS) is 21.3. The summed E-state index contributed by atoms with van der Waals surface area (Å²) in [6, 6.07) is 5.50. The molecule has 4 heteroatoms. The molecule has 1 aromatic rings. The van der Waals surface area contributed by atoms with Crippen molar-refractivity contribution in [1.29, 1.82) is 0 Å². The van der Waals surface area contributed by atoms with E-state index in [4.69, 9.17) is 23.2 Å². The van der Waals surface area contributed by atoms with Gasteiger partial charge >= 0.3 is 0 Å². The van der Waals surface area contributed by atoms with Crippen molar-refractivity contribution >= 4 is 35.2 Å². The van der Waals surface area contributed by atoms with E-state index >= 15 is 0 Å². The molecule has 0 heterocycles. The number of hydrogen-bond donors (Lipinski definition) is 1. The number of benzene rings is 1. The maximum absolute atomic E-state index is 11.9. The lowest BCUT2D eigenvalue weighted by atomic mass is 9.92. The Hall–Kier alpha value is -0.990. The molecule has 108 valence electrons. The van der Waals surface area contributed by atoms with E-state index in [9.17, 15) is 4.79 Å². The van der Waals surface area contributed by atoms with Crippen LogP contribution in [-0.2, 0) is 4.79 Å². The second kappa shape index (κ2) is 6.19. The smallest absolute Gasteiger partial charge is 0.244 e. The quantitative estimate of drug-likeness (QED) is 0.805. The van der Waals surface area contributed by atoms with Crippen molar-refractivity contribution in [2.45, 2.75) is 39.2 Å². The molecule has 1 aliphatic rings. The van der Waals surface area contributed by atoms with Gasteiger partial charge in [0.2, 0.25) is 5.91 Å². The van der Waals surface area contributed by atoms with Crippen LogP contribution in [0.4, 0.5) is 0 Å². The van der Waals surface area contributed by atoms with Crippen LogP contribution in [0.25, 0.3) is 6.08 Å². The van der Waals surface area contributed by atoms with Crippen LogP contribution in [0.3, 0.4) is 0 Å². The Bertz CT molecular complexity index is 537. The van der Waals surface area contributed by atoms with Crippen LogP contribution in [0, 0.1) is 5.41 Å². The predicted octanol–water partition coefficient (Wildman–Crippen LogP) is 4.70. The lowest BCUT2D eigenvalue weighted by Gasteiger charge is -2.17. The number of amides is 1. The maximum atomic E-state index is 11.9. The average Bonchev–Trinajstić information content (AvgIpc) is 2.67. The minimum absolute atomic E-state index is 0.0706. The molecule has 1 aliphatic carbocycles. The molecular formula is C16H19Cl2NO. The molecule has 0 aromatic heterocycles. The molecule has 0 saturated heterocycles. The number of nitrogens with one attached hydrogen (secondary N) is 1. The number of hydrogen-bond acceptors (Lipinski definition) is 1. The molecule has 20 heavy (non-hydrogen) atoms. The Morgan fingerprint density at radius 1 is 1.40 bits per heavy atom. The van der Waals surface area contributed by atoms with E-state index in [1.54, 1.807) is 24.3 Å². The zero-order valence-corrected chi connectivity index (χ0v) is 13.3. The first kappa shape index (κ1) is 15.4. The van der Waals surface area contributed by atoms with Crippen LogP contribution in [0.15, 0.2) is 24.3 Å². The molecule has 0 spiro atoms. The third-order valence-corrected chi connectivity index (χ3v) is 4.25. The van der Waals surface area contributed by atoms with Crippen LogP contribution < -0.4 is 5.32 Å². The summed E-state index contributed by atoms with van der Waals surface area (Å²) in [5.74, 6) is -0.0706. The van der Waals surface area contributed by atoms with Gasteiger partial charge in [0.05, 0.1) is 0 Å². The van der Waals surface area contributed by atoms with Gasteiger partial charge in [-0.2, -0.15) is 0 Å². The predicted molar refractivity (Wildman–Crippen MR) is 85.1 cm³/mol. The molecule has 1 atom stereocenters. The van der Waals surface area contributed by atoms with Gasteiger partial charge in [-0.15, -0.1) is 0 Å². The van der Waals surface area contributed by atoms with Gasteiger partial charge < -0.3 is 5.32 Å². The molecule has 1 aromatic carbocycles. The summed E-state index contributed by atoms with van der Waals surface area (Å²) in [4.78, 5) is 11.9. The first-order valence-corrected chi connectivity index (χ1v) is 7.55. The van der Waals surface area contributed by atoms with Crippen molar-refractivity contribution in [3.63, 3.8) is 0 Å². The van der Waals surface area contributed by atoms with Gasteiger partial charge in [-0.1, -0.05) is 43.1 Å². The molecule has 1 fully saturated rings. The molecule has 0 radical (unpaired) electrons. The zero-order valence-electron chi connectivity index (χ0n) is 11.7. The number of carbonyl (C=O) groups excluding carboxylic acids is 1. The number of carbonyl (C=O) groups is 1. The third kappa shape index (κ3) is 4.26. The Labute approximate surface area is 130 Å². The summed E-state index contributed by atoms with van der Waals surface area (Å²) in [6.45, 7) is 4.48. The van der Waals surface area contributed by atoms with Crippen molar-refractivity contribution < 1.29 is 4.79 Å². The van der Waals surface area contributed by atoms with Gasteiger partial charge in [-0.25, -0.2) is 0 Å². The van der Waals surface area contributed by atoms with Gasteiger partial charge in [0.1, 0.15) is 0 Å². The summed E-state index contributed by atoms with van der Waals surface area (Å²) < 4.78 is 0.